The van der Waals surface area contributed by atoms with Crippen LogP contribution >= 0.6 is 0 Å². The first-order valence-electron chi connectivity index (χ1n) is 7.45. The Kier molecular flexibility index (Phi) is 5.69. The van der Waals surface area contributed by atoms with Crippen LogP contribution in [0.5, 0.6) is 0 Å². The standard InChI is InChI=1S/C14H24N4O2S/c1-2-17(12-13-6-8-16-9-7-13)21(19,20)18-10-4-3-5-14(18)11-15/h6-9,14H,2-5,10-12,15H2,1H3. The van der Waals surface area contributed by atoms with Crippen LogP contribution in [0.2, 0.25) is 0 Å². The summed E-state index contributed by atoms with van der Waals surface area (Å²) < 4.78 is 28.8. The molecule has 0 spiro atoms. The Morgan fingerprint density at radius 3 is 2.71 bits per heavy atom. The van der Waals surface area contributed by atoms with Crippen molar-refractivity contribution in [3.05, 3.63) is 30.1 Å². The van der Waals surface area contributed by atoms with Crippen molar-refractivity contribution in [2.24, 2.45) is 5.73 Å². The Morgan fingerprint density at radius 1 is 1.38 bits per heavy atom. The van der Waals surface area contributed by atoms with Crippen molar-refractivity contribution < 1.29 is 8.42 Å². The molecular weight excluding hydrogens is 288 g/mol. The van der Waals surface area contributed by atoms with E-state index in [1.54, 1.807) is 16.7 Å². The molecule has 7 heteroatoms. The van der Waals surface area contributed by atoms with Crippen LogP contribution in [0.15, 0.2) is 24.5 Å². The van der Waals surface area contributed by atoms with Gasteiger partial charge in [-0.25, -0.2) is 0 Å². The lowest BCUT2D eigenvalue weighted by atomic mass is 10.1. The zero-order valence-corrected chi connectivity index (χ0v) is 13.3. The summed E-state index contributed by atoms with van der Waals surface area (Å²) in [6.07, 6.45) is 6.16. The van der Waals surface area contributed by atoms with E-state index in [0.717, 1.165) is 24.8 Å². The molecule has 0 radical (unpaired) electrons. The van der Waals surface area contributed by atoms with E-state index in [0.29, 0.717) is 26.2 Å². The fourth-order valence-corrected chi connectivity index (χ4v) is 4.57. The second-order valence-electron chi connectivity index (χ2n) is 5.29. The lowest BCUT2D eigenvalue weighted by molar-refractivity contribution is 0.235. The fraction of sp³-hybridized carbons (Fsp3) is 0.643. The molecule has 1 aromatic rings. The van der Waals surface area contributed by atoms with E-state index < -0.39 is 10.2 Å². The number of pyridine rings is 1. The van der Waals surface area contributed by atoms with Gasteiger partial charge in [0.25, 0.3) is 10.2 Å². The van der Waals surface area contributed by atoms with Crippen LogP contribution in [0.4, 0.5) is 0 Å². The normalized spacial score (nSPS) is 20.8. The maximum atomic E-state index is 12.9. The molecule has 21 heavy (non-hydrogen) atoms. The number of hydrogen-bond acceptors (Lipinski definition) is 4. The van der Waals surface area contributed by atoms with E-state index in [9.17, 15) is 8.42 Å². The van der Waals surface area contributed by atoms with Crippen molar-refractivity contribution in [3.63, 3.8) is 0 Å². The highest BCUT2D eigenvalue weighted by molar-refractivity contribution is 7.86. The molecule has 1 fully saturated rings. The Bertz CT molecular complexity index is 535. The lowest BCUT2D eigenvalue weighted by Gasteiger charge is -2.37. The second kappa shape index (κ2) is 7.31. The summed E-state index contributed by atoms with van der Waals surface area (Å²) >= 11 is 0. The Morgan fingerprint density at radius 2 is 2.10 bits per heavy atom. The van der Waals surface area contributed by atoms with Gasteiger partial charge in [-0.15, -0.1) is 0 Å². The van der Waals surface area contributed by atoms with Crippen molar-refractivity contribution >= 4 is 10.2 Å². The van der Waals surface area contributed by atoms with Crippen LogP contribution < -0.4 is 5.73 Å². The van der Waals surface area contributed by atoms with E-state index in [4.69, 9.17) is 5.73 Å². The van der Waals surface area contributed by atoms with Gasteiger partial charge >= 0.3 is 0 Å². The van der Waals surface area contributed by atoms with Crippen LogP contribution in [-0.2, 0) is 16.8 Å². The molecule has 0 aliphatic carbocycles. The molecule has 1 aromatic heterocycles. The second-order valence-corrected chi connectivity index (χ2v) is 7.17. The molecule has 0 amide bonds. The molecule has 1 aliphatic rings. The van der Waals surface area contributed by atoms with Crippen molar-refractivity contribution in [2.45, 2.75) is 38.8 Å². The third-order valence-corrected chi connectivity index (χ3v) is 6.04. The van der Waals surface area contributed by atoms with Crippen molar-refractivity contribution in [2.75, 3.05) is 19.6 Å². The SMILES string of the molecule is CCN(Cc1ccncc1)S(=O)(=O)N1CCCCC1CN. The van der Waals surface area contributed by atoms with Gasteiger partial charge < -0.3 is 5.73 Å². The molecule has 118 valence electrons. The number of nitrogens with two attached hydrogens (primary N) is 1. The Labute approximate surface area is 127 Å². The summed E-state index contributed by atoms with van der Waals surface area (Å²) in [5.74, 6) is 0. The van der Waals surface area contributed by atoms with Gasteiger partial charge in [0.15, 0.2) is 0 Å². The van der Waals surface area contributed by atoms with E-state index in [1.165, 1.54) is 4.31 Å². The molecule has 2 heterocycles. The summed E-state index contributed by atoms with van der Waals surface area (Å²) in [6.45, 7) is 3.62. The molecule has 2 rings (SSSR count). The smallest absolute Gasteiger partial charge is 0.282 e. The van der Waals surface area contributed by atoms with E-state index >= 15 is 0 Å². The Balaban J connectivity index is 2.18. The molecular formula is C14H24N4O2S. The molecule has 0 bridgehead atoms. The third-order valence-electron chi connectivity index (χ3n) is 3.93. The fourth-order valence-electron chi connectivity index (χ4n) is 2.71. The minimum absolute atomic E-state index is 0.0739. The van der Waals surface area contributed by atoms with Crippen molar-refractivity contribution in [3.8, 4) is 0 Å². The van der Waals surface area contributed by atoms with Crippen molar-refractivity contribution in [1.29, 1.82) is 0 Å². The highest BCUT2D eigenvalue weighted by Crippen LogP contribution is 2.23. The zero-order valence-electron chi connectivity index (χ0n) is 12.5. The monoisotopic (exact) mass is 312 g/mol. The zero-order chi connectivity index (χ0) is 15.3. The van der Waals surface area contributed by atoms with E-state index in [2.05, 4.69) is 4.98 Å². The summed E-state index contributed by atoms with van der Waals surface area (Å²) in [5.41, 5.74) is 6.69. The summed E-state index contributed by atoms with van der Waals surface area (Å²) in [5, 5.41) is 0. The highest BCUT2D eigenvalue weighted by atomic mass is 32.2. The molecule has 1 aliphatic heterocycles. The van der Waals surface area contributed by atoms with Gasteiger partial charge in [-0.2, -0.15) is 17.0 Å². The molecule has 6 nitrogen and oxygen atoms in total. The van der Waals surface area contributed by atoms with Gasteiger partial charge in [0.1, 0.15) is 0 Å². The molecule has 1 unspecified atom stereocenters. The van der Waals surface area contributed by atoms with Crippen molar-refractivity contribution in [1.82, 2.24) is 13.6 Å². The highest BCUT2D eigenvalue weighted by Gasteiger charge is 2.35. The lowest BCUT2D eigenvalue weighted by Crippen LogP contribution is -2.52. The van der Waals surface area contributed by atoms with Crippen LogP contribution in [0, 0.1) is 0 Å². The van der Waals surface area contributed by atoms with E-state index in [1.807, 2.05) is 19.1 Å². The molecule has 1 atom stereocenters. The first-order valence-corrected chi connectivity index (χ1v) is 8.85. The third kappa shape index (κ3) is 3.79. The first kappa shape index (κ1) is 16.4. The molecule has 0 saturated carbocycles. The quantitative estimate of drug-likeness (QED) is 0.848. The first-order chi connectivity index (χ1) is 10.1. The topological polar surface area (TPSA) is 79.5 Å². The van der Waals surface area contributed by atoms with Gasteiger partial charge in [-0.1, -0.05) is 13.3 Å². The van der Waals surface area contributed by atoms with Crippen LogP contribution in [0.25, 0.3) is 0 Å². The minimum Gasteiger partial charge on any atom is -0.329 e. The van der Waals surface area contributed by atoms with Gasteiger partial charge in [0, 0.05) is 44.6 Å². The average molecular weight is 312 g/mol. The number of aromatic nitrogens is 1. The number of piperidine rings is 1. The summed E-state index contributed by atoms with van der Waals surface area (Å²) in [4.78, 5) is 3.96. The molecule has 0 aromatic carbocycles. The predicted molar refractivity (Wildman–Crippen MR) is 82.6 cm³/mol. The minimum atomic E-state index is -3.47. The largest absolute Gasteiger partial charge is 0.329 e. The molecule has 1 saturated heterocycles. The van der Waals surface area contributed by atoms with Gasteiger partial charge in [-0.3, -0.25) is 4.98 Å². The maximum absolute atomic E-state index is 12.9. The number of hydrogen-bond donors (Lipinski definition) is 1. The van der Waals surface area contributed by atoms with Gasteiger partial charge in [-0.05, 0) is 30.5 Å². The summed E-state index contributed by atoms with van der Waals surface area (Å²) in [7, 11) is -3.47. The maximum Gasteiger partial charge on any atom is 0.282 e. The molecule has 2 N–H and O–H groups in total. The van der Waals surface area contributed by atoms with E-state index in [-0.39, 0.29) is 6.04 Å². The summed E-state index contributed by atoms with van der Waals surface area (Å²) in [6, 6.07) is 3.61. The van der Waals surface area contributed by atoms with Crippen LogP contribution in [-0.4, -0.2) is 47.7 Å². The average Bonchev–Trinajstić information content (AvgIpc) is 2.53. The number of rotatable bonds is 6. The van der Waals surface area contributed by atoms with Gasteiger partial charge in [0.05, 0.1) is 0 Å². The Hall–Kier alpha value is -1.02. The van der Waals surface area contributed by atoms with Gasteiger partial charge in [0.2, 0.25) is 0 Å². The van der Waals surface area contributed by atoms with Crippen LogP contribution in [0.3, 0.4) is 0 Å². The predicted octanol–water partition coefficient (Wildman–Crippen LogP) is 0.961. The number of nitrogens with zero attached hydrogens (tertiary/aromatic N) is 3. The van der Waals surface area contributed by atoms with Crippen LogP contribution in [0.1, 0.15) is 31.7 Å².